The van der Waals surface area contributed by atoms with Crippen LogP contribution in [0.5, 0.6) is 0 Å². The SMILES string of the molecule is CC(NC1CCCCC1C(C)(C)C)c1ncn[nH]1. The van der Waals surface area contributed by atoms with E-state index in [1.165, 1.54) is 25.7 Å². The summed E-state index contributed by atoms with van der Waals surface area (Å²) in [6.07, 6.45) is 6.91. The second kappa shape index (κ2) is 5.39. The van der Waals surface area contributed by atoms with Crippen LogP contribution >= 0.6 is 0 Å². The minimum atomic E-state index is 0.250. The molecule has 1 saturated carbocycles. The Labute approximate surface area is 110 Å². The summed E-state index contributed by atoms with van der Waals surface area (Å²) in [5.41, 5.74) is 0.374. The zero-order chi connectivity index (χ0) is 13.2. The molecule has 0 aromatic carbocycles. The van der Waals surface area contributed by atoms with Crippen molar-refractivity contribution in [2.45, 2.75) is 65.5 Å². The Morgan fingerprint density at radius 1 is 1.33 bits per heavy atom. The summed E-state index contributed by atoms with van der Waals surface area (Å²) < 4.78 is 0. The average Bonchev–Trinajstić information content (AvgIpc) is 2.81. The molecule has 0 saturated heterocycles. The quantitative estimate of drug-likeness (QED) is 0.867. The molecule has 1 aliphatic rings. The largest absolute Gasteiger partial charge is 0.304 e. The van der Waals surface area contributed by atoms with Crippen LogP contribution in [0.1, 0.15) is 65.2 Å². The van der Waals surface area contributed by atoms with Crippen LogP contribution in [0.3, 0.4) is 0 Å². The van der Waals surface area contributed by atoms with Gasteiger partial charge in [0.15, 0.2) is 0 Å². The van der Waals surface area contributed by atoms with E-state index in [1.54, 1.807) is 6.33 Å². The maximum atomic E-state index is 4.24. The van der Waals surface area contributed by atoms with Crippen LogP contribution in [0.25, 0.3) is 0 Å². The fourth-order valence-corrected chi connectivity index (χ4v) is 3.19. The van der Waals surface area contributed by atoms with Gasteiger partial charge in [-0.2, -0.15) is 5.10 Å². The number of rotatable bonds is 3. The lowest BCUT2D eigenvalue weighted by Gasteiger charge is -2.41. The van der Waals surface area contributed by atoms with Gasteiger partial charge in [0, 0.05) is 6.04 Å². The molecule has 1 fully saturated rings. The first kappa shape index (κ1) is 13.5. The van der Waals surface area contributed by atoms with Crippen molar-refractivity contribution in [1.82, 2.24) is 20.5 Å². The number of H-pyrrole nitrogens is 1. The minimum Gasteiger partial charge on any atom is -0.304 e. The number of aromatic nitrogens is 3. The number of nitrogens with one attached hydrogen (secondary N) is 2. The average molecular weight is 250 g/mol. The third-order valence-electron chi connectivity index (χ3n) is 4.19. The first-order chi connectivity index (χ1) is 8.48. The molecule has 3 unspecified atom stereocenters. The second-order valence-corrected chi connectivity index (χ2v) is 6.62. The lowest BCUT2D eigenvalue weighted by Crippen LogP contribution is -2.45. The predicted molar refractivity (Wildman–Crippen MR) is 73.1 cm³/mol. The molecular formula is C14H26N4. The highest BCUT2D eigenvalue weighted by molar-refractivity contribution is 4.94. The molecule has 4 heteroatoms. The van der Waals surface area contributed by atoms with Crippen molar-refractivity contribution < 1.29 is 0 Å². The van der Waals surface area contributed by atoms with E-state index in [0.717, 1.165) is 11.7 Å². The molecule has 0 spiro atoms. The van der Waals surface area contributed by atoms with Crippen LogP contribution in [0.4, 0.5) is 0 Å². The molecule has 4 nitrogen and oxygen atoms in total. The van der Waals surface area contributed by atoms with Gasteiger partial charge in [-0.3, -0.25) is 5.10 Å². The van der Waals surface area contributed by atoms with Crippen LogP contribution in [0, 0.1) is 11.3 Å². The van der Waals surface area contributed by atoms with E-state index in [0.29, 0.717) is 11.5 Å². The van der Waals surface area contributed by atoms with Gasteiger partial charge in [0.2, 0.25) is 0 Å². The van der Waals surface area contributed by atoms with Crippen molar-refractivity contribution in [2.75, 3.05) is 0 Å². The van der Waals surface area contributed by atoms with Crippen LogP contribution in [-0.4, -0.2) is 21.2 Å². The van der Waals surface area contributed by atoms with Gasteiger partial charge in [-0.25, -0.2) is 4.98 Å². The zero-order valence-electron chi connectivity index (χ0n) is 12.0. The van der Waals surface area contributed by atoms with E-state index in [4.69, 9.17) is 0 Å². The third-order valence-corrected chi connectivity index (χ3v) is 4.19. The standard InChI is InChI=1S/C14H26N4/c1-10(13-15-9-16-18-13)17-12-8-6-5-7-11(12)14(2,3)4/h9-12,17H,5-8H2,1-4H3,(H,15,16,18). The van der Waals surface area contributed by atoms with E-state index >= 15 is 0 Å². The second-order valence-electron chi connectivity index (χ2n) is 6.62. The highest BCUT2D eigenvalue weighted by atomic mass is 15.2. The Morgan fingerprint density at radius 2 is 2.06 bits per heavy atom. The van der Waals surface area contributed by atoms with Gasteiger partial charge in [0.25, 0.3) is 0 Å². The van der Waals surface area contributed by atoms with E-state index in [2.05, 4.69) is 48.2 Å². The molecule has 2 N–H and O–H groups in total. The van der Waals surface area contributed by atoms with Crippen LogP contribution in [0.15, 0.2) is 6.33 Å². The molecule has 0 amide bonds. The van der Waals surface area contributed by atoms with Gasteiger partial charge in [0.1, 0.15) is 12.2 Å². The van der Waals surface area contributed by atoms with E-state index < -0.39 is 0 Å². The third kappa shape index (κ3) is 3.10. The van der Waals surface area contributed by atoms with Crippen LogP contribution in [-0.2, 0) is 0 Å². The van der Waals surface area contributed by atoms with Gasteiger partial charge in [-0.15, -0.1) is 0 Å². The summed E-state index contributed by atoms with van der Waals surface area (Å²) in [7, 11) is 0. The summed E-state index contributed by atoms with van der Waals surface area (Å²) in [4.78, 5) is 4.24. The molecule has 1 heterocycles. The first-order valence-corrected chi connectivity index (χ1v) is 7.10. The highest BCUT2D eigenvalue weighted by Crippen LogP contribution is 2.38. The molecule has 102 valence electrons. The molecule has 0 radical (unpaired) electrons. The Balaban J connectivity index is 2.01. The maximum absolute atomic E-state index is 4.24. The fourth-order valence-electron chi connectivity index (χ4n) is 3.19. The topological polar surface area (TPSA) is 53.6 Å². The summed E-state index contributed by atoms with van der Waals surface area (Å²) in [5.74, 6) is 1.69. The molecule has 0 bridgehead atoms. The minimum absolute atomic E-state index is 0.250. The Kier molecular flexibility index (Phi) is 4.05. The molecule has 18 heavy (non-hydrogen) atoms. The van der Waals surface area contributed by atoms with Crippen molar-refractivity contribution >= 4 is 0 Å². The van der Waals surface area contributed by atoms with Crippen molar-refractivity contribution in [1.29, 1.82) is 0 Å². The van der Waals surface area contributed by atoms with Crippen LogP contribution in [0.2, 0.25) is 0 Å². The highest BCUT2D eigenvalue weighted by Gasteiger charge is 2.34. The summed E-state index contributed by atoms with van der Waals surface area (Å²) in [6.45, 7) is 9.24. The molecule has 0 aliphatic heterocycles. The lowest BCUT2D eigenvalue weighted by molar-refractivity contribution is 0.123. The lowest BCUT2D eigenvalue weighted by atomic mass is 9.69. The Hall–Kier alpha value is -0.900. The molecular weight excluding hydrogens is 224 g/mol. The van der Waals surface area contributed by atoms with Gasteiger partial charge in [0.05, 0.1) is 6.04 Å². The number of aromatic amines is 1. The van der Waals surface area contributed by atoms with E-state index in [-0.39, 0.29) is 6.04 Å². The van der Waals surface area contributed by atoms with Crippen molar-refractivity contribution in [3.8, 4) is 0 Å². The maximum Gasteiger partial charge on any atom is 0.141 e. The number of hydrogen-bond acceptors (Lipinski definition) is 3. The summed E-state index contributed by atoms with van der Waals surface area (Å²) in [6, 6.07) is 0.847. The van der Waals surface area contributed by atoms with E-state index in [9.17, 15) is 0 Å². The first-order valence-electron chi connectivity index (χ1n) is 7.10. The van der Waals surface area contributed by atoms with Gasteiger partial charge in [-0.1, -0.05) is 33.6 Å². The monoisotopic (exact) mass is 250 g/mol. The fraction of sp³-hybridized carbons (Fsp3) is 0.857. The summed E-state index contributed by atoms with van der Waals surface area (Å²) >= 11 is 0. The molecule has 1 aromatic rings. The van der Waals surface area contributed by atoms with E-state index in [1.807, 2.05) is 0 Å². The zero-order valence-corrected chi connectivity index (χ0v) is 12.0. The molecule has 1 aliphatic carbocycles. The Morgan fingerprint density at radius 3 is 2.67 bits per heavy atom. The van der Waals surface area contributed by atoms with Gasteiger partial charge in [-0.05, 0) is 31.1 Å². The smallest absolute Gasteiger partial charge is 0.141 e. The van der Waals surface area contributed by atoms with Gasteiger partial charge >= 0.3 is 0 Å². The molecule has 2 rings (SSSR count). The predicted octanol–water partition coefficient (Wildman–Crippen LogP) is 3.06. The Bertz CT molecular complexity index is 352. The van der Waals surface area contributed by atoms with Crippen molar-refractivity contribution in [3.63, 3.8) is 0 Å². The van der Waals surface area contributed by atoms with Gasteiger partial charge < -0.3 is 5.32 Å². The number of hydrogen-bond donors (Lipinski definition) is 2. The number of nitrogens with zero attached hydrogens (tertiary/aromatic N) is 2. The molecule has 3 atom stereocenters. The molecule has 1 aromatic heterocycles. The van der Waals surface area contributed by atoms with Crippen molar-refractivity contribution in [2.24, 2.45) is 11.3 Å². The normalized spacial score (nSPS) is 27.1. The van der Waals surface area contributed by atoms with Crippen molar-refractivity contribution in [3.05, 3.63) is 12.2 Å². The van der Waals surface area contributed by atoms with Crippen LogP contribution < -0.4 is 5.32 Å². The summed E-state index contributed by atoms with van der Waals surface area (Å²) in [5, 5.41) is 10.6.